The van der Waals surface area contributed by atoms with Crippen molar-refractivity contribution in [3.05, 3.63) is 0 Å². The summed E-state index contributed by atoms with van der Waals surface area (Å²) in [5.74, 6) is 0. The Balaban J connectivity index is 2.10. The summed E-state index contributed by atoms with van der Waals surface area (Å²) in [5.41, 5.74) is -0.305. The van der Waals surface area contributed by atoms with Crippen molar-refractivity contribution in [1.82, 2.24) is 5.32 Å². The molecule has 0 amide bonds. The van der Waals surface area contributed by atoms with Gasteiger partial charge in [-0.25, -0.2) is 0 Å². The van der Waals surface area contributed by atoms with Crippen molar-refractivity contribution in [1.29, 1.82) is 0 Å². The zero-order chi connectivity index (χ0) is 10.4. The first kappa shape index (κ1) is 10.4. The van der Waals surface area contributed by atoms with Crippen molar-refractivity contribution >= 4 is 0 Å². The van der Waals surface area contributed by atoms with Crippen molar-refractivity contribution in [2.45, 2.75) is 57.5 Å². The summed E-state index contributed by atoms with van der Waals surface area (Å²) in [6.07, 6.45) is 2.00. The van der Waals surface area contributed by atoms with Crippen LogP contribution in [0.25, 0.3) is 0 Å². The zero-order valence-electron chi connectivity index (χ0n) is 9.64. The average Bonchev–Trinajstić information content (AvgIpc) is 2.24. The summed E-state index contributed by atoms with van der Waals surface area (Å²) in [5, 5.41) is 3.46. The van der Waals surface area contributed by atoms with Crippen LogP contribution in [0.4, 0.5) is 0 Å². The predicted molar refractivity (Wildman–Crippen MR) is 55.2 cm³/mol. The Labute approximate surface area is 86.2 Å². The molecule has 0 aliphatic carbocycles. The van der Waals surface area contributed by atoms with Gasteiger partial charge >= 0.3 is 0 Å². The largest absolute Gasteiger partial charge is 0.371 e. The van der Waals surface area contributed by atoms with Crippen LogP contribution in [0.2, 0.25) is 0 Å². The van der Waals surface area contributed by atoms with Crippen molar-refractivity contribution in [2.24, 2.45) is 0 Å². The van der Waals surface area contributed by atoms with Crippen LogP contribution in [0, 0.1) is 0 Å². The summed E-state index contributed by atoms with van der Waals surface area (Å²) < 4.78 is 11.9. The molecule has 3 heteroatoms. The lowest BCUT2D eigenvalue weighted by atomic mass is 9.95. The fourth-order valence-corrected chi connectivity index (χ4v) is 2.49. The smallest absolute Gasteiger partial charge is 0.146 e. The molecule has 3 nitrogen and oxygen atoms in total. The van der Waals surface area contributed by atoms with Crippen LogP contribution in [0.5, 0.6) is 0 Å². The third kappa shape index (κ3) is 1.95. The highest BCUT2D eigenvalue weighted by atomic mass is 16.6. The first-order valence-corrected chi connectivity index (χ1v) is 5.42. The maximum absolute atomic E-state index is 6.12. The van der Waals surface area contributed by atoms with Crippen LogP contribution < -0.4 is 5.32 Å². The van der Waals surface area contributed by atoms with Crippen LogP contribution in [0.15, 0.2) is 0 Å². The standard InChI is InChI=1S/C11H21NO2/c1-9(2)5-6-12-11(14-9)7-10(3,4)13-8-11/h12H,5-8H2,1-4H3. The minimum absolute atomic E-state index is 0.0188. The third-order valence-electron chi connectivity index (χ3n) is 3.05. The molecular formula is C11H21NO2. The van der Waals surface area contributed by atoms with E-state index in [9.17, 15) is 0 Å². The van der Waals surface area contributed by atoms with Crippen LogP contribution in [-0.4, -0.2) is 30.1 Å². The fourth-order valence-electron chi connectivity index (χ4n) is 2.49. The quantitative estimate of drug-likeness (QED) is 0.643. The van der Waals surface area contributed by atoms with Crippen LogP contribution in [0.1, 0.15) is 40.5 Å². The summed E-state index contributed by atoms with van der Waals surface area (Å²) >= 11 is 0. The topological polar surface area (TPSA) is 30.5 Å². The summed E-state index contributed by atoms with van der Waals surface area (Å²) in [6.45, 7) is 10.2. The van der Waals surface area contributed by atoms with Crippen LogP contribution in [0.3, 0.4) is 0 Å². The summed E-state index contributed by atoms with van der Waals surface area (Å²) in [7, 11) is 0. The molecule has 2 saturated heterocycles. The number of hydrogen-bond acceptors (Lipinski definition) is 3. The Morgan fingerprint density at radius 1 is 1.07 bits per heavy atom. The lowest BCUT2D eigenvalue weighted by Gasteiger charge is -2.43. The van der Waals surface area contributed by atoms with E-state index in [4.69, 9.17) is 9.47 Å². The Morgan fingerprint density at radius 2 is 1.79 bits per heavy atom. The van der Waals surface area contributed by atoms with E-state index in [0.717, 1.165) is 19.4 Å². The molecule has 0 radical (unpaired) electrons. The normalized spacial score (nSPS) is 40.3. The lowest BCUT2D eigenvalue weighted by Crippen LogP contribution is -2.58. The molecule has 2 fully saturated rings. The van der Waals surface area contributed by atoms with Gasteiger partial charge in [0.15, 0.2) is 0 Å². The van der Waals surface area contributed by atoms with Gasteiger partial charge in [0.05, 0.1) is 17.8 Å². The Hall–Kier alpha value is -0.120. The Morgan fingerprint density at radius 3 is 2.29 bits per heavy atom. The molecule has 0 saturated carbocycles. The Kier molecular flexibility index (Phi) is 2.18. The maximum atomic E-state index is 6.12. The van der Waals surface area contributed by atoms with Gasteiger partial charge < -0.3 is 9.47 Å². The van der Waals surface area contributed by atoms with Gasteiger partial charge in [-0.2, -0.15) is 0 Å². The maximum Gasteiger partial charge on any atom is 0.146 e. The van der Waals surface area contributed by atoms with Crippen molar-refractivity contribution in [2.75, 3.05) is 13.2 Å². The molecule has 0 aromatic carbocycles. The van der Waals surface area contributed by atoms with Crippen molar-refractivity contribution in [3.8, 4) is 0 Å². The second-order valence-electron chi connectivity index (χ2n) is 5.76. The summed E-state index contributed by atoms with van der Waals surface area (Å²) in [6, 6.07) is 0. The van der Waals surface area contributed by atoms with E-state index in [2.05, 4.69) is 33.0 Å². The number of hydrogen-bond donors (Lipinski definition) is 1. The third-order valence-corrected chi connectivity index (χ3v) is 3.05. The van der Waals surface area contributed by atoms with E-state index in [1.54, 1.807) is 0 Å². The van der Waals surface area contributed by atoms with Crippen LogP contribution in [-0.2, 0) is 9.47 Å². The minimum atomic E-state index is -0.231. The molecule has 14 heavy (non-hydrogen) atoms. The van der Waals surface area contributed by atoms with Gasteiger partial charge in [0.1, 0.15) is 5.72 Å². The van der Waals surface area contributed by atoms with E-state index in [-0.39, 0.29) is 16.9 Å². The number of rotatable bonds is 0. The van der Waals surface area contributed by atoms with E-state index >= 15 is 0 Å². The van der Waals surface area contributed by atoms with Gasteiger partial charge in [-0.1, -0.05) is 0 Å². The first-order valence-electron chi connectivity index (χ1n) is 5.42. The first-order chi connectivity index (χ1) is 6.33. The molecule has 0 aromatic heterocycles. The van der Waals surface area contributed by atoms with Gasteiger partial charge in [0, 0.05) is 13.0 Å². The summed E-state index contributed by atoms with van der Waals surface area (Å²) in [4.78, 5) is 0. The van der Waals surface area contributed by atoms with Gasteiger partial charge in [-0.3, -0.25) is 5.32 Å². The molecule has 2 aliphatic rings. The second-order valence-corrected chi connectivity index (χ2v) is 5.76. The monoisotopic (exact) mass is 199 g/mol. The van der Waals surface area contributed by atoms with E-state index < -0.39 is 0 Å². The van der Waals surface area contributed by atoms with Crippen molar-refractivity contribution < 1.29 is 9.47 Å². The van der Waals surface area contributed by atoms with Crippen molar-refractivity contribution in [3.63, 3.8) is 0 Å². The average molecular weight is 199 g/mol. The van der Waals surface area contributed by atoms with E-state index in [0.29, 0.717) is 6.61 Å². The molecule has 1 unspecified atom stereocenters. The molecule has 2 heterocycles. The van der Waals surface area contributed by atoms with E-state index in [1.807, 2.05) is 0 Å². The lowest BCUT2D eigenvalue weighted by molar-refractivity contribution is -0.183. The molecule has 1 N–H and O–H groups in total. The molecule has 1 atom stereocenters. The fraction of sp³-hybridized carbons (Fsp3) is 1.00. The second kappa shape index (κ2) is 2.94. The molecule has 0 aromatic rings. The zero-order valence-corrected chi connectivity index (χ0v) is 9.64. The van der Waals surface area contributed by atoms with Gasteiger partial charge in [0.2, 0.25) is 0 Å². The van der Waals surface area contributed by atoms with Gasteiger partial charge in [0.25, 0.3) is 0 Å². The molecule has 82 valence electrons. The van der Waals surface area contributed by atoms with Crippen LogP contribution >= 0.6 is 0 Å². The van der Waals surface area contributed by atoms with E-state index in [1.165, 1.54) is 0 Å². The Bertz CT molecular complexity index is 237. The highest BCUT2D eigenvalue weighted by Crippen LogP contribution is 2.38. The highest BCUT2D eigenvalue weighted by molar-refractivity contribution is 4.97. The highest BCUT2D eigenvalue weighted by Gasteiger charge is 2.49. The molecular weight excluding hydrogens is 178 g/mol. The molecule has 1 spiro atoms. The van der Waals surface area contributed by atoms with Gasteiger partial charge in [-0.05, 0) is 34.1 Å². The van der Waals surface area contributed by atoms with Gasteiger partial charge in [-0.15, -0.1) is 0 Å². The SMILES string of the molecule is CC1(C)CC2(CO1)NCCC(C)(C)O2. The molecule has 2 rings (SSSR count). The molecule has 0 bridgehead atoms. The minimum Gasteiger partial charge on any atom is -0.371 e. The predicted octanol–water partition coefficient (Wildman–Crippen LogP) is 1.67. The number of ether oxygens (including phenoxy) is 2. The number of nitrogens with one attached hydrogen (secondary N) is 1. The molecule has 2 aliphatic heterocycles.